The maximum Gasteiger partial charge on any atom is 0.113 e. The topological polar surface area (TPSA) is 43.8 Å². The number of nitrogens with two attached hydrogens (primary N) is 1. The molecule has 1 heterocycles. The molecule has 0 radical (unpaired) electrons. The third-order valence-electron chi connectivity index (χ3n) is 3.76. The van der Waals surface area contributed by atoms with Crippen LogP contribution in [0.5, 0.6) is 0 Å². The minimum Gasteiger partial charge on any atom is -0.329 e. The van der Waals surface area contributed by atoms with Crippen molar-refractivity contribution in [2.75, 3.05) is 6.54 Å². The minimum atomic E-state index is 0.647. The Labute approximate surface area is 102 Å². The highest BCUT2D eigenvalue weighted by atomic mass is 15.1. The first-order valence-electron chi connectivity index (χ1n) is 6.55. The minimum absolute atomic E-state index is 0.647. The molecule has 0 atom stereocenters. The average Bonchev–Trinajstić information content (AvgIpc) is 2.97. The van der Waals surface area contributed by atoms with E-state index in [2.05, 4.69) is 28.8 Å². The van der Waals surface area contributed by atoms with Crippen molar-refractivity contribution in [3.63, 3.8) is 0 Å². The second-order valence-corrected chi connectivity index (χ2v) is 4.88. The van der Waals surface area contributed by atoms with Gasteiger partial charge in [-0.25, -0.2) is 4.98 Å². The van der Waals surface area contributed by atoms with Gasteiger partial charge < -0.3 is 10.3 Å². The lowest BCUT2D eigenvalue weighted by Gasteiger charge is -2.12. The Morgan fingerprint density at radius 1 is 1.24 bits per heavy atom. The Bertz CT molecular complexity index is 509. The predicted octanol–water partition coefficient (Wildman–Crippen LogP) is 2.65. The van der Waals surface area contributed by atoms with Crippen LogP contribution in [-0.4, -0.2) is 16.1 Å². The summed E-state index contributed by atoms with van der Waals surface area (Å²) in [5, 5.41) is 0. The van der Waals surface area contributed by atoms with Crippen LogP contribution < -0.4 is 5.73 Å². The molecule has 0 aliphatic heterocycles. The summed E-state index contributed by atoms with van der Waals surface area (Å²) in [5.41, 5.74) is 8.08. The zero-order chi connectivity index (χ0) is 11.7. The third-order valence-corrected chi connectivity index (χ3v) is 3.76. The van der Waals surface area contributed by atoms with Crippen LogP contribution in [0.15, 0.2) is 24.3 Å². The van der Waals surface area contributed by atoms with Gasteiger partial charge in [0.2, 0.25) is 0 Å². The highest BCUT2D eigenvalue weighted by Gasteiger charge is 2.23. The van der Waals surface area contributed by atoms with Crippen molar-refractivity contribution in [3.05, 3.63) is 30.1 Å². The molecule has 0 unspecified atom stereocenters. The largest absolute Gasteiger partial charge is 0.329 e. The van der Waals surface area contributed by atoms with Crippen molar-refractivity contribution < 1.29 is 0 Å². The molecular weight excluding hydrogens is 210 g/mol. The van der Waals surface area contributed by atoms with Crippen LogP contribution in [-0.2, 0) is 6.54 Å². The van der Waals surface area contributed by atoms with Gasteiger partial charge in [-0.05, 0) is 25.0 Å². The number of aromatic nitrogens is 2. The average molecular weight is 229 g/mol. The van der Waals surface area contributed by atoms with Crippen LogP contribution in [0.25, 0.3) is 11.0 Å². The van der Waals surface area contributed by atoms with Crippen molar-refractivity contribution >= 4 is 11.0 Å². The summed E-state index contributed by atoms with van der Waals surface area (Å²) in [4.78, 5) is 4.82. The summed E-state index contributed by atoms with van der Waals surface area (Å²) in [6.45, 7) is 1.56. The van der Waals surface area contributed by atoms with Crippen LogP contribution in [0.4, 0.5) is 0 Å². The molecule has 1 aromatic heterocycles. The second kappa shape index (κ2) is 4.49. The summed E-state index contributed by atoms with van der Waals surface area (Å²) in [6.07, 6.45) is 5.26. The van der Waals surface area contributed by atoms with E-state index in [1.165, 1.54) is 37.0 Å². The first kappa shape index (κ1) is 10.8. The lowest BCUT2D eigenvalue weighted by atomic mass is 10.1. The Morgan fingerprint density at radius 3 is 2.76 bits per heavy atom. The summed E-state index contributed by atoms with van der Waals surface area (Å²) in [7, 11) is 0. The van der Waals surface area contributed by atoms with Crippen molar-refractivity contribution in [2.24, 2.45) is 5.73 Å². The highest BCUT2D eigenvalue weighted by Crippen LogP contribution is 2.35. The molecule has 3 heteroatoms. The fraction of sp³-hybridized carbons (Fsp3) is 0.500. The number of benzene rings is 1. The van der Waals surface area contributed by atoms with Crippen LogP contribution in [0.3, 0.4) is 0 Å². The van der Waals surface area contributed by atoms with Crippen molar-refractivity contribution in [3.8, 4) is 0 Å². The zero-order valence-electron chi connectivity index (χ0n) is 10.1. The molecule has 3 nitrogen and oxygen atoms in total. The molecule has 90 valence electrons. The first-order chi connectivity index (χ1) is 8.40. The van der Waals surface area contributed by atoms with E-state index in [1.807, 2.05) is 0 Å². The maximum atomic E-state index is 5.73. The van der Waals surface area contributed by atoms with Crippen molar-refractivity contribution in [1.29, 1.82) is 0 Å². The lowest BCUT2D eigenvalue weighted by molar-refractivity contribution is 0.596. The van der Waals surface area contributed by atoms with E-state index >= 15 is 0 Å². The van der Waals surface area contributed by atoms with Crippen molar-refractivity contribution in [2.45, 2.75) is 38.1 Å². The van der Waals surface area contributed by atoms with E-state index in [9.17, 15) is 0 Å². The molecule has 0 bridgehead atoms. The van der Waals surface area contributed by atoms with Crippen LogP contribution in [0.1, 0.15) is 37.4 Å². The fourth-order valence-electron chi connectivity index (χ4n) is 2.95. The zero-order valence-corrected chi connectivity index (χ0v) is 10.1. The molecule has 0 saturated heterocycles. The summed E-state index contributed by atoms with van der Waals surface area (Å²) >= 11 is 0. The highest BCUT2D eigenvalue weighted by molar-refractivity contribution is 5.76. The van der Waals surface area contributed by atoms with E-state index in [1.54, 1.807) is 0 Å². The monoisotopic (exact) mass is 229 g/mol. The molecule has 1 aromatic carbocycles. The van der Waals surface area contributed by atoms with Crippen LogP contribution >= 0.6 is 0 Å². The molecule has 2 N–H and O–H groups in total. The van der Waals surface area contributed by atoms with Gasteiger partial charge in [0.1, 0.15) is 5.82 Å². The van der Waals surface area contributed by atoms with Gasteiger partial charge >= 0.3 is 0 Å². The molecule has 1 aliphatic carbocycles. The number of nitrogens with zero attached hydrogens (tertiary/aromatic N) is 2. The Kier molecular flexibility index (Phi) is 2.85. The van der Waals surface area contributed by atoms with E-state index in [0.717, 1.165) is 12.1 Å². The fourth-order valence-corrected chi connectivity index (χ4v) is 2.95. The van der Waals surface area contributed by atoms with E-state index < -0.39 is 0 Å². The maximum absolute atomic E-state index is 5.73. The summed E-state index contributed by atoms with van der Waals surface area (Å²) in [5.74, 6) is 1.91. The van der Waals surface area contributed by atoms with Gasteiger partial charge in [0.25, 0.3) is 0 Å². The number of hydrogen-bond donors (Lipinski definition) is 1. The molecule has 1 saturated carbocycles. The number of rotatable bonds is 3. The molecular formula is C14H19N3. The number of hydrogen-bond acceptors (Lipinski definition) is 2. The number of imidazole rings is 1. The van der Waals surface area contributed by atoms with Gasteiger partial charge in [-0.15, -0.1) is 0 Å². The molecule has 17 heavy (non-hydrogen) atoms. The quantitative estimate of drug-likeness (QED) is 0.879. The number of fused-ring (bicyclic) bond motifs is 1. The smallest absolute Gasteiger partial charge is 0.113 e. The Morgan fingerprint density at radius 2 is 2.00 bits per heavy atom. The Balaban J connectivity index is 2.11. The van der Waals surface area contributed by atoms with Gasteiger partial charge in [0, 0.05) is 19.0 Å². The Hall–Kier alpha value is -1.35. The number of para-hydroxylation sites is 2. The van der Waals surface area contributed by atoms with Gasteiger partial charge in [0.15, 0.2) is 0 Å². The van der Waals surface area contributed by atoms with Crippen molar-refractivity contribution in [1.82, 2.24) is 9.55 Å². The predicted molar refractivity (Wildman–Crippen MR) is 70.0 cm³/mol. The molecule has 0 amide bonds. The molecule has 2 aromatic rings. The van der Waals surface area contributed by atoms with Gasteiger partial charge in [-0.2, -0.15) is 0 Å². The standard InChI is InChI=1S/C14H19N3/c15-9-10-17-13-8-4-3-7-12(13)16-14(17)11-5-1-2-6-11/h3-4,7-8,11H,1-2,5-6,9-10,15H2. The summed E-state index contributed by atoms with van der Waals surface area (Å²) in [6, 6.07) is 8.38. The summed E-state index contributed by atoms with van der Waals surface area (Å²) < 4.78 is 2.32. The lowest BCUT2D eigenvalue weighted by Crippen LogP contribution is -2.14. The van der Waals surface area contributed by atoms with Gasteiger partial charge in [-0.1, -0.05) is 25.0 Å². The second-order valence-electron chi connectivity index (χ2n) is 4.88. The molecule has 3 rings (SSSR count). The third kappa shape index (κ3) is 1.84. The van der Waals surface area contributed by atoms with Crippen LogP contribution in [0, 0.1) is 0 Å². The van der Waals surface area contributed by atoms with E-state index in [0.29, 0.717) is 12.5 Å². The molecule has 1 fully saturated rings. The van der Waals surface area contributed by atoms with Gasteiger partial charge in [0.05, 0.1) is 11.0 Å². The van der Waals surface area contributed by atoms with E-state index in [4.69, 9.17) is 10.7 Å². The van der Waals surface area contributed by atoms with Crippen LogP contribution in [0.2, 0.25) is 0 Å². The molecule has 1 aliphatic rings. The normalized spacial score (nSPS) is 17.0. The first-order valence-corrected chi connectivity index (χ1v) is 6.55. The molecule has 0 spiro atoms. The van der Waals surface area contributed by atoms with Gasteiger partial charge in [-0.3, -0.25) is 0 Å². The van der Waals surface area contributed by atoms with E-state index in [-0.39, 0.29) is 0 Å². The SMILES string of the molecule is NCCn1c(C2CCCC2)nc2ccccc21.